The van der Waals surface area contributed by atoms with Crippen LogP contribution in [0.4, 0.5) is 5.13 Å². The van der Waals surface area contributed by atoms with E-state index >= 15 is 0 Å². The SMILES string of the molecule is CCN(CC)CCCNc1ncc(C(=O)OC)s1. The Kier molecular flexibility index (Phi) is 6.67. The van der Waals surface area contributed by atoms with Gasteiger partial charge in [0.25, 0.3) is 0 Å². The lowest BCUT2D eigenvalue weighted by Gasteiger charge is -2.17. The van der Waals surface area contributed by atoms with Crippen molar-refractivity contribution in [3.63, 3.8) is 0 Å². The molecule has 0 bridgehead atoms. The fourth-order valence-electron chi connectivity index (χ4n) is 1.59. The number of rotatable bonds is 8. The average molecular weight is 271 g/mol. The van der Waals surface area contributed by atoms with Gasteiger partial charge < -0.3 is 15.0 Å². The van der Waals surface area contributed by atoms with E-state index in [1.165, 1.54) is 18.4 Å². The van der Waals surface area contributed by atoms with Crippen molar-refractivity contribution >= 4 is 22.4 Å². The number of thiazole rings is 1. The first-order valence-corrected chi connectivity index (χ1v) is 7.03. The molecular weight excluding hydrogens is 250 g/mol. The van der Waals surface area contributed by atoms with Gasteiger partial charge in [0, 0.05) is 6.54 Å². The number of carbonyl (C=O) groups is 1. The van der Waals surface area contributed by atoms with Crippen LogP contribution in [-0.2, 0) is 4.74 Å². The van der Waals surface area contributed by atoms with Gasteiger partial charge in [-0.05, 0) is 26.1 Å². The number of hydrogen-bond acceptors (Lipinski definition) is 6. The molecule has 1 N–H and O–H groups in total. The Morgan fingerprint density at radius 3 is 2.83 bits per heavy atom. The van der Waals surface area contributed by atoms with Crippen molar-refractivity contribution in [2.24, 2.45) is 0 Å². The van der Waals surface area contributed by atoms with Gasteiger partial charge in [-0.25, -0.2) is 9.78 Å². The minimum absolute atomic E-state index is 0.330. The Bertz CT molecular complexity index is 364. The number of hydrogen-bond donors (Lipinski definition) is 1. The predicted molar refractivity (Wildman–Crippen MR) is 74.3 cm³/mol. The summed E-state index contributed by atoms with van der Waals surface area (Å²) in [6, 6.07) is 0. The maximum absolute atomic E-state index is 11.2. The number of ether oxygens (including phenoxy) is 1. The first-order chi connectivity index (χ1) is 8.71. The third-order valence-corrected chi connectivity index (χ3v) is 3.65. The maximum atomic E-state index is 11.2. The highest BCUT2D eigenvalue weighted by Gasteiger charge is 2.09. The number of esters is 1. The lowest BCUT2D eigenvalue weighted by molar-refractivity contribution is 0.0606. The molecule has 0 unspecified atom stereocenters. The second kappa shape index (κ2) is 8.05. The summed E-state index contributed by atoms with van der Waals surface area (Å²) in [5, 5.41) is 3.99. The predicted octanol–water partition coefficient (Wildman–Crippen LogP) is 2.07. The van der Waals surface area contributed by atoms with E-state index in [-0.39, 0.29) is 5.97 Å². The molecule has 1 aromatic rings. The average Bonchev–Trinajstić information content (AvgIpc) is 2.87. The standard InChI is InChI=1S/C12H21N3O2S/c1-4-15(5-2)8-6-7-13-12-14-9-10(18-12)11(16)17-3/h9H,4-8H2,1-3H3,(H,13,14). The smallest absolute Gasteiger partial charge is 0.349 e. The van der Waals surface area contributed by atoms with Gasteiger partial charge in [-0.3, -0.25) is 0 Å². The van der Waals surface area contributed by atoms with Crippen molar-refractivity contribution in [1.29, 1.82) is 0 Å². The summed E-state index contributed by atoms with van der Waals surface area (Å²) in [6.45, 7) is 8.45. The second-order valence-corrected chi connectivity index (χ2v) is 4.86. The van der Waals surface area contributed by atoms with E-state index in [0.29, 0.717) is 4.88 Å². The molecule has 102 valence electrons. The summed E-state index contributed by atoms with van der Waals surface area (Å²) in [4.78, 5) is 18.3. The van der Waals surface area contributed by atoms with Crippen molar-refractivity contribution in [2.75, 3.05) is 38.6 Å². The third kappa shape index (κ3) is 4.62. The summed E-state index contributed by atoms with van der Waals surface area (Å²) in [7, 11) is 1.37. The van der Waals surface area contributed by atoms with Crippen LogP contribution < -0.4 is 5.32 Å². The van der Waals surface area contributed by atoms with Crippen molar-refractivity contribution in [2.45, 2.75) is 20.3 Å². The van der Waals surface area contributed by atoms with Gasteiger partial charge >= 0.3 is 5.97 Å². The molecule has 1 aromatic heterocycles. The molecule has 0 atom stereocenters. The van der Waals surface area contributed by atoms with Crippen LogP contribution in [0, 0.1) is 0 Å². The molecule has 0 aliphatic carbocycles. The zero-order valence-corrected chi connectivity index (χ0v) is 12.0. The highest BCUT2D eigenvalue weighted by Crippen LogP contribution is 2.18. The van der Waals surface area contributed by atoms with Crippen LogP contribution in [0.15, 0.2) is 6.20 Å². The molecule has 6 heteroatoms. The number of nitrogens with zero attached hydrogens (tertiary/aromatic N) is 2. The van der Waals surface area contributed by atoms with E-state index < -0.39 is 0 Å². The lowest BCUT2D eigenvalue weighted by atomic mass is 10.3. The summed E-state index contributed by atoms with van der Waals surface area (Å²) >= 11 is 1.33. The van der Waals surface area contributed by atoms with E-state index in [2.05, 4.69) is 33.8 Å². The first kappa shape index (κ1) is 14.9. The van der Waals surface area contributed by atoms with Crippen LogP contribution in [-0.4, -0.2) is 49.1 Å². The van der Waals surface area contributed by atoms with Gasteiger partial charge in [-0.1, -0.05) is 25.2 Å². The number of nitrogens with one attached hydrogen (secondary N) is 1. The summed E-state index contributed by atoms with van der Waals surface area (Å²) in [5.74, 6) is -0.330. The van der Waals surface area contributed by atoms with E-state index in [4.69, 9.17) is 0 Å². The molecule has 0 spiro atoms. The van der Waals surface area contributed by atoms with Crippen LogP contribution in [0.2, 0.25) is 0 Å². The van der Waals surface area contributed by atoms with E-state index in [9.17, 15) is 4.79 Å². The number of methoxy groups -OCH3 is 1. The fourth-order valence-corrected chi connectivity index (χ4v) is 2.35. The number of aromatic nitrogens is 1. The van der Waals surface area contributed by atoms with Crippen LogP contribution in [0.5, 0.6) is 0 Å². The molecule has 18 heavy (non-hydrogen) atoms. The minimum atomic E-state index is -0.330. The molecule has 0 fully saturated rings. The van der Waals surface area contributed by atoms with Crippen molar-refractivity contribution < 1.29 is 9.53 Å². The van der Waals surface area contributed by atoms with Gasteiger partial charge in [-0.15, -0.1) is 0 Å². The lowest BCUT2D eigenvalue weighted by Crippen LogP contribution is -2.25. The van der Waals surface area contributed by atoms with E-state index in [1.54, 1.807) is 6.20 Å². The van der Waals surface area contributed by atoms with E-state index in [0.717, 1.165) is 37.7 Å². The second-order valence-electron chi connectivity index (χ2n) is 3.83. The molecule has 0 aliphatic heterocycles. The highest BCUT2D eigenvalue weighted by molar-refractivity contribution is 7.17. The van der Waals surface area contributed by atoms with Crippen molar-refractivity contribution in [3.05, 3.63) is 11.1 Å². The molecule has 1 heterocycles. The quantitative estimate of drug-likeness (QED) is 0.579. The molecule has 0 aliphatic rings. The van der Waals surface area contributed by atoms with Crippen molar-refractivity contribution in [1.82, 2.24) is 9.88 Å². The summed E-state index contributed by atoms with van der Waals surface area (Å²) < 4.78 is 4.63. The Balaban J connectivity index is 2.27. The molecule has 0 saturated carbocycles. The number of anilines is 1. The maximum Gasteiger partial charge on any atom is 0.349 e. The van der Waals surface area contributed by atoms with Crippen LogP contribution in [0.25, 0.3) is 0 Å². The zero-order chi connectivity index (χ0) is 13.4. The van der Waals surface area contributed by atoms with Gasteiger partial charge in [0.15, 0.2) is 5.13 Å². The molecule has 0 saturated heterocycles. The van der Waals surface area contributed by atoms with Gasteiger partial charge in [0.2, 0.25) is 0 Å². The normalized spacial score (nSPS) is 10.7. The van der Waals surface area contributed by atoms with Crippen LogP contribution in [0.1, 0.15) is 29.9 Å². The molecule has 1 rings (SSSR count). The highest BCUT2D eigenvalue weighted by atomic mass is 32.1. The van der Waals surface area contributed by atoms with Crippen molar-refractivity contribution in [3.8, 4) is 0 Å². The topological polar surface area (TPSA) is 54.5 Å². The van der Waals surface area contributed by atoms with Crippen LogP contribution >= 0.6 is 11.3 Å². The Morgan fingerprint density at radius 1 is 1.50 bits per heavy atom. The Morgan fingerprint density at radius 2 is 2.22 bits per heavy atom. The molecular formula is C12H21N3O2S. The first-order valence-electron chi connectivity index (χ1n) is 6.21. The Hall–Kier alpha value is -1.14. The summed E-state index contributed by atoms with van der Waals surface area (Å²) in [5.41, 5.74) is 0. The minimum Gasteiger partial charge on any atom is -0.465 e. The number of carbonyl (C=O) groups excluding carboxylic acids is 1. The Labute approximate surface area is 112 Å². The van der Waals surface area contributed by atoms with Gasteiger partial charge in [-0.2, -0.15) is 0 Å². The molecule has 5 nitrogen and oxygen atoms in total. The van der Waals surface area contributed by atoms with Gasteiger partial charge in [0.05, 0.1) is 13.3 Å². The monoisotopic (exact) mass is 271 g/mol. The van der Waals surface area contributed by atoms with Crippen LogP contribution in [0.3, 0.4) is 0 Å². The largest absolute Gasteiger partial charge is 0.465 e. The third-order valence-electron chi connectivity index (χ3n) is 2.71. The molecule has 0 amide bonds. The fraction of sp³-hybridized carbons (Fsp3) is 0.667. The molecule has 0 radical (unpaired) electrons. The van der Waals surface area contributed by atoms with E-state index in [1.807, 2.05) is 0 Å². The summed E-state index contributed by atoms with van der Waals surface area (Å²) in [6.07, 6.45) is 2.61. The molecule has 0 aromatic carbocycles. The van der Waals surface area contributed by atoms with Gasteiger partial charge in [0.1, 0.15) is 4.88 Å². The zero-order valence-electron chi connectivity index (χ0n) is 11.2.